The monoisotopic (exact) mass is 345 g/mol. The Kier molecular flexibility index (Phi) is 21.0. The molecule has 0 aromatic rings. The van der Waals surface area contributed by atoms with Gasteiger partial charge in [0.05, 0.1) is 0 Å². The Morgan fingerprint density at radius 2 is 1.30 bits per heavy atom. The molecule has 0 spiro atoms. The molecule has 0 aromatic carbocycles. The predicted octanol–water partition coefficient (Wildman–Crippen LogP) is 6.57. The molecule has 1 unspecified atom stereocenters. The highest BCUT2D eigenvalue weighted by Crippen LogP contribution is 2.14. The highest BCUT2D eigenvalue weighted by molar-refractivity contribution is 5.85. The van der Waals surface area contributed by atoms with Gasteiger partial charge < -0.3 is 5.73 Å². The zero-order valence-corrected chi connectivity index (χ0v) is 16.3. The van der Waals surface area contributed by atoms with Gasteiger partial charge in [-0.1, -0.05) is 77.4 Å². The van der Waals surface area contributed by atoms with Crippen LogP contribution in [0.15, 0.2) is 12.2 Å². The van der Waals surface area contributed by atoms with Crippen LogP contribution in [0.1, 0.15) is 104 Å². The number of carbonyl (C=O) groups is 1. The van der Waals surface area contributed by atoms with Crippen molar-refractivity contribution in [2.75, 3.05) is 0 Å². The van der Waals surface area contributed by atoms with E-state index in [-0.39, 0.29) is 24.2 Å². The van der Waals surface area contributed by atoms with E-state index in [1.165, 1.54) is 70.6 Å². The molecule has 0 rings (SSSR count). The van der Waals surface area contributed by atoms with Crippen molar-refractivity contribution in [3.8, 4) is 0 Å². The quantitative estimate of drug-likeness (QED) is 0.249. The Morgan fingerprint density at radius 1 is 0.826 bits per heavy atom. The second-order valence-corrected chi connectivity index (χ2v) is 6.53. The molecule has 1 atom stereocenters. The summed E-state index contributed by atoms with van der Waals surface area (Å²) in [7, 11) is 0. The third-order valence-electron chi connectivity index (χ3n) is 4.46. The zero-order chi connectivity index (χ0) is 16.5. The lowest BCUT2D eigenvalue weighted by Gasteiger charge is -2.09. The molecule has 0 heterocycles. The predicted molar refractivity (Wildman–Crippen MR) is 105 cm³/mol. The molecule has 138 valence electrons. The number of hydrogen-bond donors (Lipinski definition) is 1. The molecule has 2 N–H and O–H groups in total. The molecule has 0 aromatic heterocycles. The fourth-order valence-electron chi connectivity index (χ4n) is 2.83. The van der Waals surface area contributed by atoms with Crippen molar-refractivity contribution in [2.24, 2.45) is 11.7 Å². The topological polar surface area (TPSA) is 43.1 Å². The molecule has 0 aliphatic heterocycles. The summed E-state index contributed by atoms with van der Waals surface area (Å²) in [6, 6.07) is 0. The highest BCUT2D eigenvalue weighted by Gasteiger charge is 2.11. The van der Waals surface area contributed by atoms with Crippen molar-refractivity contribution in [3.63, 3.8) is 0 Å². The Hall–Kier alpha value is -0.500. The molecule has 2 nitrogen and oxygen atoms in total. The molecule has 0 saturated heterocycles. The van der Waals surface area contributed by atoms with Gasteiger partial charge in [-0.3, -0.25) is 4.79 Å². The van der Waals surface area contributed by atoms with Crippen LogP contribution < -0.4 is 5.73 Å². The number of unbranched alkanes of at least 4 members (excludes halogenated alkanes) is 10. The van der Waals surface area contributed by atoms with Gasteiger partial charge in [0.1, 0.15) is 0 Å². The zero-order valence-electron chi connectivity index (χ0n) is 15.5. The van der Waals surface area contributed by atoms with E-state index >= 15 is 0 Å². The van der Waals surface area contributed by atoms with Gasteiger partial charge >= 0.3 is 0 Å². The summed E-state index contributed by atoms with van der Waals surface area (Å²) in [5, 5.41) is 0. The highest BCUT2D eigenvalue weighted by atomic mass is 35.5. The van der Waals surface area contributed by atoms with Crippen molar-refractivity contribution in [1.82, 2.24) is 0 Å². The molecular formula is C20H40ClNO. The normalized spacial score (nSPS) is 12.3. The van der Waals surface area contributed by atoms with Crippen LogP contribution in [-0.2, 0) is 4.79 Å². The maximum absolute atomic E-state index is 11.1. The van der Waals surface area contributed by atoms with E-state index in [4.69, 9.17) is 5.73 Å². The van der Waals surface area contributed by atoms with E-state index in [9.17, 15) is 4.79 Å². The minimum Gasteiger partial charge on any atom is -0.369 e. The van der Waals surface area contributed by atoms with Gasteiger partial charge in [-0.25, -0.2) is 0 Å². The van der Waals surface area contributed by atoms with E-state index in [1.807, 2.05) is 6.92 Å². The van der Waals surface area contributed by atoms with Gasteiger partial charge in [-0.2, -0.15) is 0 Å². The first-order valence-corrected chi connectivity index (χ1v) is 9.66. The summed E-state index contributed by atoms with van der Waals surface area (Å²) in [5.74, 6) is -0.0302. The molecule has 1 amide bonds. The molecule has 0 bridgehead atoms. The molecule has 3 heteroatoms. The van der Waals surface area contributed by atoms with Crippen LogP contribution in [-0.4, -0.2) is 5.91 Å². The molecule has 0 saturated carbocycles. The standard InChI is InChI=1S/C20H39NO.ClH/c1-3-5-6-7-8-9-10-11-12-13-14-15-16-17-18-19(4-2)20(21)22;/h11-12,19H,3-10,13-18H2,1-2H3,(H2,21,22);1H. The Balaban J connectivity index is 0. The van der Waals surface area contributed by atoms with Gasteiger partial charge in [0.25, 0.3) is 0 Å². The lowest BCUT2D eigenvalue weighted by Crippen LogP contribution is -2.22. The SMILES string of the molecule is CCCCCCCCC=CCCCCCCC(CC)C(N)=O.Cl. The first kappa shape index (κ1) is 24.7. The number of nitrogens with two attached hydrogens (primary N) is 1. The molecule has 23 heavy (non-hydrogen) atoms. The lowest BCUT2D eigenvalue weighted by atomic mass is 9.97. The second-order valence-electron chi connectivity index (χ2n) is 6.53. The third-order valence-corrected chi connectivity index (χ3v) is 4.46. The molecule has 0 aliphatic carbocycles. The average Bonchev–Trinajstić information content (AvgIpc) is 2.51. The van der Waals surface area contributed by atoms with Crippen LogP contribution in [0.5, 0.6) is 0 Å². The van der Waals surface area contributed by atoms with Gasteiger partial charge in [0.15, 0.2) is 0 Å². The average molecular weight is 346 g/mol. The van der Waals surface area contributed by atoms with Crippen molar-refractivity contribution in [2.45, 2.75) is 104 Å². The van der Waals surface area contributed by atoms with Crippen molar-refractivity contribution < 1.29 is 4.79 Å². The van der Waals surface area contributed by atoms with E-state index in [0.717, 1.165) is 19.3 Å². The number of primary amides is 1. The Bertz CT molecular complexity index is 279. The smallest absolute Gasteiger partial charge is 0.220 e. The fraction of sp³-hybridized carbons (Fsp3) is 0.850. The van der Waals surface area contributed by atoms with Gasteiger partial charge in [0, 0.05) is 5.92 Å². The molecule has 0 aliphatic rings. The fourth-order valence-corrected chi connectivity index (χ4v) is 2.83. The number of hydrogen-bond acceptors (Lipinski definition) is 1. The largest absolute Gasteiger partial charge is 0.369 e. The number of allylic oxidation sites excluding steroid dienone is 2. The number of amides is 1. The van der Waals surface area contributed by atoms with Gasteiger partial charge in [-0.05, 0) is 38.5 Å². The summed E-state index contributed by atoms with van der Waals surface area (Å²) >= 11 is 0. The van der Waals surface area contributed by atoms with E-state index in [1.54, 1.807) is 0 Å². The van der Waals surface area contributed by atoms with E-state index in [0.29, 0.717) is 0 Å². The van der Waals surface area contributed by atoms with Crippen LogP contribution in [0.2, 0.25) is 0 Å². The summed E-state index contributed by atoms with van der Waals surface area (Å²) in [6.07, 6.45) is 22.3. The van der Waals surface area contributed by atoms with Crippen LogP contribution in [0, 0.1) is 5.92 Å². The van der Waals surface area contributed by atoms with Crippen LogP contribution in [0.3, 0.4) is 0 Å². The summed E-state index contributed by atoms with van der Waals surface area (Å²) in [4.78, 5) is 11.1. The number of carbonyl (C=O) groups excluding carboxylic acids is 1. The molecule has 0 radical (unpaired) electrons. The molecular weight excluding hydrogens is 306 g/mol. The van der Waals surface area contributed by atoms with E-state index in [2.05, 4.69) is 19.1 Å². The first-order chi connectivity index (χ1) is 10.7. The van der Waals surface area contributed by atoms with Crippen molar-refractivity contribution >= 4 is 18.3 Å². The van der Waals surface area contributed by atoms with E-state index < -0.39 is 0 Å². The Labute approximate surface area is 151 Å². The number of rotatable bonds is 16. The first-order valence-electron chi connectivity index (χ1n) is 9.66. The minimum atomic E-state index is -0.125. The van der Waals surface area contributed by atoms with Gasteiger partial charge in [-0.15, -0.1) is 12.4 Å². The molecule has 0 fully saturated rings. The van der Waals surface area contributed by atoms with Crippen molar-refractivity contribution in [1.29, 1.82) is 0 Å². The van der Waals surface area contributed by atoms with Crippen LogP contribution >= 0.6 is 12.4 Å². The van der Waals surface area contributed by atoms with Crippen LogP contribution in [0.25, 0.3) is 0 Å². The van der Waals surface area contributed by atoms with Crippen molar-refractivity contribution in [3.05, 3.63) is 12.2 Å². The number of halogens is 1. The third kappa shape index (κ3) is 17.7. The Morgan fingerprint density at radius 3 is 1.78 bits per heavy atom. The van der Waals surface area contributed by atoms with Gasteiger partial charge in [0.2, 0.25) is 5.91 Å². The minimum absolute atomic E-state index is 0. The lowest BCUT2D eigenvalue weighted by molar-refractivity contribution is -0.122. The summed E-state index contributed by atoms with van der Waals surface area (Å²) in [5.41, 5.74) is 5.35. The van der Waals surface area contributed by atoms with Crippen LogP contribution in [0.4, 0.5) is 0 Å². The maximum Gasteiger partial charge on any atom is 0.220 e. The second kappa shape index (κ2) is 19.5. The summed E-state index contributed by atoms with van der Waals surface area (Å²) in [6.45, 7) is 4.31. The maximum atomic E-state index is 11.1. The summed E-state index contributed by atoms with van der Waals surface area (Å²) < 4.78 is 0.